The number of nitrogens with one attached hydrogen (secondary N) is 1. The second kappa shape index (κ2) is 13.6. The summed E-state index contributed by atoms with van der Waals surface area (Å²) in [6.07, 6.45) is 6.25. The predicted molar refractivity (Wildman–Crippen MR) is 143 cm³/mol. The minimum atomic E-state index is -0.581. The molecule has 0 unspecified atom stereocenters. The van der Waals surface area contributed by atoms with Crippen LogP contribution in [0.4, 0.5) is 0 Å². The monoisotopic (exact) mass is 540 g/mol. The number of carbonyl (C=O) groups is 2. The van der Waals surface area contributed by atoms with Crippen LogP contribution in [0.25, 0.3) is 0 Å². The Hall–Kier alpha value is -1.40. The Morgan fingerprint density at radius 3 is 2.29 bits per heavy atom. The largest absolute Gasteiger partial charge is 0.352 e. The molecule has 0 spiro atoms. The average molecular weight is 542 g/mol. The van der Waals surface area contributed by atoms with Crippen LogP contribution >= 0.6 is 46.6 Å². The van der Waals surface area contributed by atoms with E-state index >= 15 is 0 Å². The van der Waals surface area contributed by atoms with Crippen LogP contribution in [0.3, 0.4) is 0 Å². The topological polar surface area (TPSA) is 49.4 Å². The van der Waals surface area contributed by atoms with Gasteiger partial charge in [0.25, 0.3) is 0 Å². The normalized spacial score (nSPS) is 15.1. The molecule has 34 heavy (non-hydrogen) atoms. The molecule has 1 saturated carbocycles. The van der Waals surface area contributed by atoms with Gasteiger partial charge in [0.15, 0.2) is 0 Å². The maximum absolute atomic E-state index is 13.4. The van der Waals surface area contributed by atoms with Gasteiger partial charge in [-0.3, -0.25) is 9.59 Å². The Morgan fingerprint density at radius 1 is 1.03 bits per heavy atom. The Bertz CT molecular complexity index is 945. The summed E-state index contributed by atoms with van der Waals surface area (Å²) in [4.78, 5) is 29.4. The van der Waals surface area contributed by atoms with E-state index in [1.165, 1.54) is 6.42 Å². The van der Waals surface area contributed by atoms with Gasteiger partial charge in [0.05, 0.1) is 0 Å². The first-order chi connectivity index (χ1) is 16.4. The van der Waals surface area contributed by atoms with Gasteiger partial charge in [-0.15, -0.1) is 11.8 Å². The van der Waals surface area contributed by atoms with Crippen LogP contribution in [0.15, 0.2) is 47.4 Å². The van der Waals surface area contributed by atoms with E-state index in [0.29, 0.717) is 39.2 Å². The molecule has 2 amide bonds. The Kier molecular flexibility index (Phi) is 10.9. The van der Waals surface area contributed by atoms with Crippen LogP contribution in [0.2, 0.25) is 15.1 Å². The van der Waals surface area contributed by atoms with E-state index in [-0.39, 0.29) is 24.4 Å². The second-order valence-corrected chi connectivity index (χ2v) is 11.0. The molecule has 3 rings (SSSR count). The molecule has 1 aliphatic rings. The van der Waals surface area contributed by atoms with Crippen LogP contribution in [0, 0.1) is 0 Å². The summed E-state index contributed by atoms with van der Waals surface area (Å²) >= 11 is 20.4. The summed E-state index contributed by atoms with van der Waals surface area (Å²) < 4.78 is 0. The lowest BCUT2D eigenvalue weighted by Crippen LogP contribution is -2.51. The molecule has 1 fully saturated rings. The number of thioether (sulfide) groups is 1. The average Bonchev–Trinajstić information content (AvgIpc) is 2.82. The maximum atomic E-state index is 13.4. The molecule has 2 aromatic carbocycles. The van der Waals surface area contributed by atoms with Crippen LogP contribution in [-0.2, 0) is 16.1 Å². The fourth-order valence-corrected chi connectivity index (χ4v) is 5.73. The summed E-state index contributed by atoms with van der Waals surface area (Å²) in [5, 5.41) is 4.85. The van der Waals surface area contributed by atoms with E-state index in [4.69, 9.17) is 34.8 Å². The van der Waals surface area contributed by atoms with Gasteiger partial charge < -0.3 is 10.2 Å². The summed E-state index contributed by atoms with van der Waals surface area (Å²) in [5.41, 5.74) is 0.661. The highest BCUT2D eigenvalue weighted by Gasteiger charge is 2.31. The zero-order valence-electron chi connectivity index (χ0n) is 19.4. The SMILES string of the molecule is CC[C@@H](C(=O)NC1CCCCC1)N(Cc1c(Cl)cccc1Cl)C(=O)CCSc1ccc(Cl)cc1. The van der Waals surface area contributed by atoms with Crippen molar-refractivity contribution < 1.29 is 9.59 Å². The van der Waals surface area contributed by atoms with Gasteiger partial charge in [-0.05, 0) is 55.7 Å². The number of hydrogen-bond donors (Lipinski definition) is 1. The van der Waals surface area contributed by atoms with Gasteiger partial charge in [0, 0.05) is 50.3 Å². The first kappa shape index (κ1) is 27.2. The molecule has 1 atom stereocenters. The van der Waals surface area contributed by atoms with Crippen molar-refractivity contribution in [2.75, 3.05) is 5.75 Å². The van der Waals surface area contributed by atoms with Crippen molar-refractivity contribution in [3.8, 4) is 0 Å². The van der Waals surface area contributed by atoms with Gasteiger partial charge >= 0.3 is 0 Å². The number of benzene rings is 2. The van der Waals surface area contributed by atoms with E-state index < -0.39 is 6.04 Å². The number of halogens is 3. The Labute approximate surface area is 221 Å². The number of rotatable bonds is 10. The molecule has 1 N–H and O–H groups in total. The summed E-state index contributed by atoms with van der Waals surface area (Å²) in [7, 11) is 0. The smallest absolute Gasteiger partial charge is 0.243 e. The van der Waals surface area contributed by atoms with E-state index in [9.17, 15) is 9.59 Å². The molecule has 1 aliphatic carbocycles. The molecule has 0 aromatic heterocycles. The number of hydrogen-bond acceptors (Lipinski definition) is 3. The minimum absolute atomic E-state index is 0.0944. The van der Waals surface area contributed by atoms with Crippen molar-refractivity contribution in [2.24, 2.45) is 0 Å². The minimum Gasteiger partial charge on any atom is -0.352 e. The van der Waals surface area contributed by atoms with Gasteiger partial charge in [-0.2, -0.15) is 0 Å². The first-order valence-corrected chi connectivity index (χ1v) is 13.9. The highest BCUT2D eigenvalue weighted by molar-refractivity contribution is 7.99. The summed E-state index contributed by atoms with van der Waals surface area (Å²) in [6.45, 7) is 2.13. The highest BCUT2D eigenvalue weighted by atomic mass is 35.5. The Morgan fingerprint density at radius 2 is 1.68 bits per heavy atom. The molecule has 0 heterocycles. The van der Waals surface area contributed by atoms with E-state index in [2.05, 4.69) is 5.32 Å². The number of carbonyl (C=O) groups excluding carboxylic acids is 2. The third kappa shape index (κ3) is 7.81. The van der Waals surface area contributed by atoms with Crippen LogP contribution in [0.1, 0.15) is 57.4 Å². The first-order valence-electron chi connectivity index (χ1n) is 11.8. The Balaban J connectivity index is 1.74. The third-order valence-corrected chi connectivity index (χ3v) is 8.10. The van der Waals surface area contributed by atoms with E-state index in [0.717, 1.165) is 30.6 Å². The second-order valence-electron chi connectivity index (χ2n) is 8.54. The van der Waals surface area contributed by atoms with Gasteiger partial charge in [0.2, 0.25) is 11.8 Å². The lowest BCUT2D eigenvalue weighted by molar-refractivity contribution is -0.141. The zero-order valence-corrected chi connectivity index (χ0v) is 22.5. The van der Waals surface area contributed by atoms with Crippen LogP contribution < -0.4 is 5.32 Å². The number of amides is 2. The van der Waals surface area contributed by atoms with Crippen molar-refractivity contribution in [3.05, 3.63) is 63.1 Å². The molecular weight excluding hydrogens is 511 g/mol. The zero-order chi connectivity index (χ0) is 24.5. The molecule has 0 saturated heterocycles. The van der Waals surface area contributed by atoms with Crippen molar-refractivity contribution in [1.29, 1.82) is 0 Å². The quantitative estimate of drug-likeness (QED) is 0.319. The van der Waals surface area contributed by atoms with E-state index in [1.54, 1.807) is 34.9 Å². The van der Waals surface area contributed by atoms with Gasteiger partial charge in [-0.25, -0.2) is 0 Å². The highest BCUT2D eigenvalue weighted by Crippen LogP contribution is 2.28. The van der Waals surface area contributed by atoms with Crippen molar-refractivity contribution >= 4 is 58.4 Å². The molecule has 2 aromatic rings. The molecule has 8 heteroatoms. The van der Waals surface area contributed by atoms with E-state index in [1.807, 2.05) is 31.2 Å². The standard InChI is InChI=1S/C26H31Cl3N2O2S/c1-2-24(26(33)30-19-7-4-3-5-8-19)31(17-21-22(28)9-6-10-23(21)29)25(32)15-16-34-20-13-11-18(27)12-14-20/h6,9-14,19,24H,2-5,7-8,15-17H2,1H3,(H,30,33)/t24-/m0/s1. The van der Waals surface area contributed by atoms with Crippen molar-refractivity contribution in [2.45, 2.75) is 75.4 Å². The lowest BCUT2D eigenvalue weighted by atomic mass is 9.95. The molecule has 0 bridgehead atoms. The molecule has 0 radical (unpaired) electrons. The fraction of sp³-hybridized carbons (Fsp3) is 0.462. The molecule has 0 aliphatic heterocycles. The fourth-order valence-electron chi connectivity index (χ4n) is 4.25. The predicted octanol–water partition coefficient (Wildman–Crippen LogP) is 7.39. The summed E-state index contributed by atoms with van der Waals surface area (Å²) in [6, 6.07) is 12.4. The van der Waals surface area contributed by atoms with Crippen LogP contribution in [0.5, 0.6) is 0 Å². The van der Waals surface area contributed by atoms with Gasteiger partial charge in [-0.1, -0.05) is 67.1 Å². The van der Waals surface area contributed by atoms with Crippen LogP contribution in [-0.4, -0.2) is 34.6 Å². The summed E-state index contributed by atoms with van der Waals surface area (Å²) in [5.74, 6) is 0.396. The lowest BCUT2D eigenvalue weighted by Gasteiger charge is -2.33. The van der Waals surface area contributed by atoms with Crippen molar-refractivity contribution in [3.63, 3.8) is 0 Å². The van der Waals surface area contributed by atoms with Gasteiger partial charge in [0.1, 0.15) is 6.04 Å². The molecular formula is C26H31Cl3N2O2S. The van der Waals surface area contributed by atoms with Crippen molar-refractivity contribution in [1.82, 2.24) is 10.2 Å². The molecule has 184 valence electrons. The maximum Gasteiger partial charge on any atom is 0.243 e. The third-order valence-electron chi connectivity index (χ3n) is 6.13. The molecule has 4 nitrogen and oxygen atoms in total. The number of nitrogens with zero attached hydrogens (tertiary/aromatic N) is 1.